The number of hydrazine groups is 1. The standard InChI is InChI=1S/C14H30N2O/c1-14(2,17-3)11-10-13(16-15)12-8-6-4-5-7-9-12/h12-13,16H,4-11,15H2,1-3H3. The minimum absolute atomic E-state index is 0.0279. The number of nitrogens with one attached hydrogen (secondary N) is 1. The van der Waals surface area contributed by atoms with Crippen molar-refractivity contribution in [1.29, 1.82) is 0 Å². The summed E-state index contributed by atoms with van der Waals surface area (Å²) in [6.45, 7) is 4.29. The van der Waals surface area contributed by atoms with E-state index >= 15 is 0 Å². The van der Waals surface area contributed by atoms with E-state index in [4.69, 9.17) is 10.6 Å². The van der Waals surface area contributed by atoms with Crippen molar-refractivity contribution in [3.05, 3.63) is 0 Å². The molecule has 3 nitrogen and oxygen atoms in total. The van der Waals surface area contributed by atoms with E-state index in [0.29, 0.717) is 6.04 Å². The van der Waals surface area contributed by atoms with Crippen molar-refractivity contribution in [2.75, 3.05) is 7.11 Å². The Morgan fingerprint density at radius 3 is 2.29 bits per heavy atom. The van der Waals surface area contributed by atoms with Crippen molar-refractivity contribution in [3.63, 3.8) is 0 Å². The van der Waals surface area contributed by atoms with Gasteiger partial charge >= 0.3 is 0 Å². The molecule has 0 bridgehead atoms. The smallest absolute Gasteiger partial charge is 0.0623 e. The summed E-state index contributed by atoms with van der Waals surface area (Å²) >= 11 is 0. The lowest BCUT2D eigenvalue weighted by Gasteiger charge is -2.29. The quantitative estimate of drug-likeness (QED) is 0.427. The van der Waals surface area contributed by atoms with Crippen LogP contribution in [0.1, 0.15) is 65.2 Å². The van der Waals surface area contributed by atoms with Gasteiger partial charge in [-0.15, -0.1) is 0 Å². The van der Waals surface area contributed by atoms with Gasteiger partial charge in [0.1, 0.15) is 0 Å². The van der Waals surface area contributed by atoms with Crippen LogP contribution < -0.4 is 11.3 Å². The van der Waals surface area contributed by atoms with Crippen LogP contribution in [0.5, 0.6) is 0 Å². The topological polar surface area (TPSA) is 47.3 Å². The highest BCUT2D eigenvalue weighted by atomic mass is 16.5. The molecule has 102 valence electrons. The van der Waals surface area contributed by atoms with Crippen LogP contribution in [0, 0.1) is 5.92 Å². The maximum Gasteiger partial charge on any atom is 0.0623 e. The Hall–Kier alpha value is -0.120. The Bertz CT molecular complexity index is 198. The van der Waals surface area contributed by atoms with Gasteiger partial charge in [0.15, 0.2) is 0 Å². The second-order valence-corrected chi connectivity index (χ2v) is 6.03. The number of hydrogen-bond acceptors (Lipinski definition) is 3. The Labute approximate surface area is 106 Å². The lowest BCUT2D eigenvalue weighted by atomic mass is 9.87. The molecule has 1 saturated carbocycles. The summed E-state index contributed by atoms with van der Waals surface area (Å²) in [5.74, 6) is 6.49. The first-order valence-electron chi connectivity index (χ1n) is 7.10. The zero-order valence-electron chi connectivity index (χ0n) is 11.8. The van der Waals surface area contributed by atoms with Crippen LogP contribution in [0.3, 0.4) is 0 Å². The Balaban J connectivity index is 2.41. The predicted octanol–water partition coefficient (Wildman–Crippen LogP) is 2.99. The molecule has 0 aliphatic heterocycles. The van der Waals surface area contributed by atoms with Crippen molar-refractivity contribution in [3.8, 4) is 0 Å². The van der Waals surface area contributed by atoms with Crippen LogP contribution in [0.25, 0.3) is 0 Å². The maximum atomic E-state index is 5.73. The number of methoxy groups -OCH3 is 1. The van der Waals surface area contributed by atoms with Crippen molar-refractivity contribution in [1.82, 2.24) is 5.43 Å². The molecule has 0 amide bonds. The summed E-state index contributed by atoms with van der Waals surface area (Å²) in [5.41, 5.74) is 3.01. The molecule has 1 aliphatic carbocycles. The SMILES string of the molecule is COC(C)(C)CCC(NN)C1CCCCCC1. The molecule has 1 aliphatic rings. The third-order valence-corrected chi connectivity index (χ3v) is 4.29. The molecular weight excluding hydrogens is 212 g/mol. The first-order valence-corrected chi connectivity index (χ1v) is 7.10. The van der Waals surface area contributed by atoms with Crippen LogP contribution in [0.15, 0.2) is 0 Å². The molecule has 1 fully saturated rings. The molecule has 0 heterocycles. The normalized spacial score (nSPS) is 21.2. The Morgan fingerprint density at radius 1 is 1.24 bits per heavy atom. The predicted molar refractivity (Wildman–Crippen MR) is 72.6 cm³/mol. The average molecular weight is 242 g/mol. The second kappa shape index (κ2) is 7.34. The molecule has 1 unspecified atom stereocenters. The van der Waals surface area contributed by atoms with Gasteiger partial charge in [0.05, 0.1) is 5.60 Å². The largest absolute Gasteiger partial charge is 0.379 e. The van der Waals surface area contributed by atoms with E-state index in [0.717, 1.165) is 18.8 Å². The van der Waals surface area contributed by atoms with Gasteiger partial charge < -0.3 is 4.74 Å². The van der Waals surface area contributed by atoms with Gasteiger partial charge in [-0.2, -0.15) is 0 Å². The summed E-state index contributed by atoms with van der Waals surface area (Å²) in [6.07, 6.45) is 10.4. The van der Waals surface area contributed by atoms with Crippen molar-refractivity contribution in [2.24, 2.45) is 11.8 Å². The monoisotopic (exact) mass is 242 g/mol. The first-order chi connectivity index (χ1) is 8.09. The van der Waals surface area contributed by atoms with Crippen LogP contribution in [-0.4, -0.2) is 18.8 Å². The van der Waals surface area contributed by atoms with Crippen LogP contribution in [-0.2, 0) is 4.74 Å². The second-order valence-electron chi connectivity index (χ2n) is 6.03. The van der Waals surface area contributed by atoms with Gasteiger partial charge in [0.2, 0.25) is 0 Å². The highest BCUT2D eigenvalue weighted by Crippen LogP contribution is 2.28. The third kappa shape index (κ3) is 5.36. The lowest BCUT2D eigenvalue weighted by molar-refractivity contribution is 0.00991. The first kappa shape index (κ1) is 14.9. The third-order valence-electron chi connectivity index (χ3n) is 4.29. The molecule has 1 atom stereocenters. The zero-order valence-corrected chi connectivity index (χ0v) is 11.8. The summed E-state index contributed by atoms with van der Waals surface area (Å²) in [6, 6.07) is 0.461. The fourth-order valence-electron chi connectivity index (χ4n) is 2.77. The van der Waals surface area contributed by atoms with E-state index < -0.39 is 0 Å². The highest BCUT2D eigenvalue weighted by Gasteiger charge is 2.25. The average Bonchev–Trinajstić information content (AvgIpc) is 2.59. The van der Waals surface area contributed by atoms with E-state index in [1.807, 2.05) is 0 Å². The van der Waals surface area contributed by atoms with Gasteiger partial charge in [-0.1, -0.05) is 25.7 Å². The number of hydrogen-bond donors (Lipinski definition) is 2. The lowest BCUT2D eigenvalue weighted by Crippen LogP contribution is -2.42. The molecule has 17 heavy (non-hydrogen) atoms. The molecule has 0 aromatic heterocycles. The van der Waals surface area contributed by atoms with Crippen molar-refractivity contribution < 1.29 is 4.74 Å². The van der Waals surface area contributed by atoms with Gasteiger partial charge in [-0.25, -0.2) is 0 Å². The molecule has 0 radical (unpaired) electrons. The number of nitrogens with two attached hydrogens (primary N) is 1. The van der Waals surface area contributed by atoms with E-state index in [9.17, 15) is 0 Å². The van der Waals surface area contributed by atoms with E-state index in [2.05, 4.69) is 19.3 Å². The van der Waals surface area contributed by atoms with Crippen LogP contribution in [0.2, 0.25) is 0 Å². The van der Waals surface area contributed by atoms with Gasteiger partial charge in [0, 0.05) is 13.2 Å². The fraction of sp³-hybridized carbons (Fsp3) is 1.00. The van der Waals surface area contributed by atoms with Gasteiger partial charge in [0.25, 0.3) is 0 Å². The number of rotatable bonds is 6. The Kier molecular flexibility index (Phi) is 6.45. The van der Waals surface area contributed by atoms with Gasteiger partial charge in [-0.3, -0.25) is 11.3 Å². The molecule has 3 heteroatoms. The number of ether oxygens (including phenoxy) is 1. The van der Waals surface area contributed by atoms with Crippen LogP contribution in [0.4, 0.5) is 0 Å². The van der Waals surface area contributed by atoms with E-state index in [-0.39, 0.29) is 5.60 Å². The minimum Gasteiger partial charge on any atom is -0.379 e. The van der Waals surface area contributed by atoms with Gasteiger partial charge in [-0.05, 0) is 45.4 Å². The van der Waals surface area contributed by atoms with Crippen molar-refractivity contribution >= 4 is 0 Å². The summed E-state index contributed by atoms with van der Waals surface area (Å²) < 4.78 is 5.48. The summed E-state index contributed by atoms with van der Waals surface area (Å²) in [5, 5.41) is 0. The van der Waals surface area contributed by atoms with E-state index in [1.54, 1.807) is 7.11 Å². The zero-order chi connectivity index (χ0) is 12.7. The molecule has 0 spiro atoms. The molecule has 1 rings (SSSR count). The molecule has 0 aromatic carbocycles. The Morgan fingerprint density at radius 2 is 1.82 bits per heavy atom. The molecule has 3 N–H and O–H groups in total. The molecule has 0 aromatic rings. The minimum atomic E-state index is -0.0279. The maximum absolute atomic E-state index is 5.73. The van der Waals surface area contributed by atoms with E-state index in [1.165, 1.54) is 38.5 Å². The van der Waals surface area contributed by atoms with Crippen LogP contribution >= 0.6 is 0 Å². The summed E-state index contributed by atoms with van der Waals surface area (Å²) in [7, 11) is 1.79. The molecule has 0 saturated heterocycles. The summed E-state index contributed by atoms with van der Waals surface area (Å²) in [4.78, 5) is 0. The highest BCUT2D eigenvalue weighted by molar-refractivity contribution is 4.80. The fourth-order valence-corrected chi connectivity index (χ4v) is 2.77. The molecular formula is C14H30N2O. The van der Waals surface area contributed by atoms with Crippen molar-refractivity contribution in [2.45, 2.75) is 76.9 Å².